The smallest absolute Gasteiger partial charge is 0.255 e. The second kappa shape index (κ2) is 8.89. The van der Waals surface area contributed by atoms with Crippen LogP contribution >= 0.6 is 0 Å². The minimum absolute atomic E-state index is 0.00813. The lowest BCUT2D eigenvalue weighted by Gasteiger charge is -2.38. The van der Waals surface area contributed by atoms with Crippen LogP contribution in [0, 0.1) is 11.8 Å². The summed E-state index contributed by atoms with van der Waals surface area (Å²) in [5, 5.41) is 0. The van der Waals surface area contributed by atoms with E-state index in [2.05, 4.69) is 29.0 Å². The number of hydrogen-bond donors (Lipinski definition) is 1. The lowest BCUT2D eigenvalue weighted by atomic mass is 9.86. The SMILES string of the molecule is CC1CCC(N2CCc3nc([C@@H]4CCCN4C(=O)[C@@H]4CC=CCC4)[nH]c(=O)c3C2)CC1. The molecule has 2 aliphatic heterocycles. The van der Waals surface area contributed by atoms with Crippen LogP contribution in [0.4, 0.5) is 0 Å². The van der Waals surface area contributed by atoms with Gasteiger partial charge in [-0.1, -0.05) is 19.1 Å². The van der Waals surface area contributed by atoms with Crippen molar-refractivity contribution in [2.45, 2.75) is 89.8 Å². The molecule has 31 heavy (non-hydrogen) atoms. The standard InChI is InChI=1S/C25H36N4O2/c1-17-9-11-19(12-10-17)28-15-13-21-20(16-28)24(30)27-23(26-21)22-8-5-14-29(22)25(31)18-6-3-2-4-7-18/h2-3,17-19,22H,4-16H2,1H3,(H,26,27,30)/t17?,18-,19?,22+/m1/s1. The number of aromatic amines is 1. The van der Waals surface area contributed by atoms with Crippen molar-refractivity contribution in [2.75, 3.05) is 13.1 Å². The molecule has 5 rings (SSSR count). The van der Waals surface area contributed by atoms with Gasteiger partial charge in [-0.15, -0.1) is 0 Å². The van der Waals surface area contributed by atoms with Gasteiger partial charge < -0.3 is 9.88 Å². The van der Waals surface area contributed by atoms with E-state index in [4.69, 9.17) is 4.98 Å². The average Bonchev–Trinajstić information content (AvgIpc) is 3.29. The second-order valence-electron chi connectivity index (χ2n) is 10.2. The van der Waals surface area contributed by atoms with E-state index >= 15 is 0 Å². The Bertz CT molecular complexity index is 899. The van der Waals surface area contributed by atoms with Gasteiger partial charge in [0.25, 0.3) is 5.56 Å². The van der Waals surface area contributed by atoms with Crippen molar-refractivity contribution in [3.63, 3.8) is 0 Å². The number of hydrogen-bond acceptors (Lipinski definition) is 4. The quantitative estimate of drug-likeness (QED) is 0.751. The Balaban J connectivity index is 1.32. The molecule has 0 radical (unpaired) electrons. The first-order valence-corrected chi connectivity index (χ1v) is 12.4. The first-order chi connectivity index (χ1) is 15.1. The summed E-state index contributed by atoms with van der Waals surface area (Å²) in [5.41, 5.74) is 1.81. The Labute approximate surface area is 185 Å². The van der Waals surface area contributed by atoms with Crippen LogP contribution in [0.5, 0.6) is 0 Å². The van der Waals surface area contributed by atoms with E-state index in [0.29, 0.717) is 11.9 Å². The van der Waals surface area contributed by atoms with Crippen molar-refractivity contribution in [3.8, 4) is 0 Å². The Morgan fingerprint density at radius 1 is 1.10 bits per heavy atom. The van der Waals surface area contributed by atoms with Crippen LogP contribution in [0.2, 0.25) is 0 Å². The fraction of sp³-hybridized carbons (Fsp3) is 0.720. The maximum absolute atomic E-state index is 13.2. The topological polar surface area (TPSA) is 69.3 Å². The number of allylic oxidation sites excluding steroid dienone is 2. The summed E-state index contributed by atoms with van der Waals surface area (Å²) in [6.07, 6.45) is 14.9. The van der Waals surface area contributed by atoms with E-state index in [1.165, 1.54) is 25.7 Å². The third kappa shape index (κ3) is 4.23. The number of H-pyrrole nitrogens is 1. The predicted molar refractivity (Wildman–Crippen MR) is 121 cm³/mol. The molecule has 2 fully saturated rings. The molecule has 1 aromatic rings. The Morgan fingerprint density at radius 3 is 2.71 bits per heavy atom. The monoisotopic (exact) mass is 424 g/mol. The van der Waals surface area contributed by atoms with E-state index in [0.717, 1.165) is 75.3 Å². The van der Waals surface area contributed by atoms with Crippen LogP contribution in [-0.2, 0) is 17.8 Å². The fourth-order valence-corrected chi connectivity index (χ4v) is 6.11. The number of nitrogens with zero attached hydrogens (tertiary/aromatic N) is 3. The first-order valence-electron chi connectivity index (χ1n) is 12.4. The van der Waals surface area contributed by atoms with E-state index in [1.807, 2.05) is 4.90 Å². The molecule has 2 atom stereocenters. The van der Waals surface area contributed by atoms with Gasteiger partial charge in [-0.3, -0.25) is 14.5 Å². The summed E-state index contributed by atoms with van der Waals surface area (Å²) in [7, 11) is 0. The molecule has 1 N–H and O–H groups in total. The van der Waals surface area contributed by atoms with Crippen LogP contribution in [0.3, 0.4) is 0 Å². The molecule has 168 valence electrons. The zero-order valence-electron chi connectivity index (χ0n) is 18.8. The van der Waals surface area contributed by atoms with Gasteiger partial charge in [-0.2, -0.15) is 0 Å². The van der Waals surface area contributed by atoms with Gasteiger partial charge in [0.05, 0.1) is 17.3 Å². The number of fused-ring (bicyclic) bond motifs is 1. The first kappa shape index (κ1) is 20.9. The molecular weight excluding hydrogens is 388 g/mol. The molecule has 6 nitrogen and oxygen atoms in total. The van der Waals surface area contributed by atoms with Crippen molar-refractivity contribution in [2.24, 2.45) is 11.8 Å². The van der Waals surface area contributed by atoms with Gasteiger partial charge in [0.2, 0.25) is 5.91 Å². The zero-order valence-corrected chi connectivity index (χ0v) is 18.8. The predicted octanol–water partition coefficient (Wildman–Crippen LogP) is 3.73. The molecular formula is C25H36N4O2. The van der Waals surface area contributed by atoms with Crippen molar-refractivity contribution in [3.05, 3.63) is 39.6 Å². The van der Waals surface area contributed by atoms with E-state index in [9.17, 15) is 9.59 Å². The summed E-state index contributed by atoms with van der Waals surface area (Å²) in [4.78, 5) is 38.8. The van der Waals surface area contributed by atoms with Gasteiger partial charge >= 0.3 is 0 Å². The molecule has 0 aromatic carbocycles. The number of nitrogens with one attached hydrogen (secondary N) is 1. The molecule has 2 aliphatic carbocycles. The summed E-state index contributed by atoms with van der Waals surface area (Å²) in [6, 6.07) is 0.533. The lowest BCUT2D eigenvalue weighted by molar-refractivity contribution is -0.136. The van der Waals surface area contributed by atoms with E-state index in [-0.39, 0.29) is 23.4 Å². The van der Waals surface area contributed by atoms with Gasteiger partial charge in [0, 0.05) is 38.0 Å². The van der Waals surface area contributed by atoms with E-state index in [1.54, 1.807) is 0 Å². The highest BCUT2D eigenvalue weighted by Gasteiger charge is 2.36. The van der Waals surface area contributed by atoms with Crippen molar-refractivity contribution in [1.82, 2.24) is 19.8 Å². The minimum atomic E-state index is -0.0748. The zero-order chi connectivity index (χ0) is 21.4. The maximum Gasteiger partial charge on any atom is 0.255 e. The average molecular weight is 425 g/mol. The molecule has 1 amide bonds. The number of carbonyl (C=O) groups is 1. The van der Waals surface area contributed by atoms with Gasteiger partial charge in [-0.05, 0) is 63.7 Å². The molecule has 6 heteroatoms. The summed E-state index contributed by atoms with van der Waals surface area (Å²) < 4.78 is 0. The highest BCUT2D eigenvalue weighted by Crippen LogP contribution is 2.34. The van der Waals surface area contributed by atoms with E-state index < -0.39 is 0 Å². The molecule has 3 heterocycles. The molecule has 1 saturated carbocycles. The maximum atomic E-state index is 13.2. The van der Waals surface area contributed by atoms with Gasteiger partial charge in [0.15, 0.2) is 0 Å². The highest BCUT2D eigenvalue weighted by atomic mass is 16.2. The van der Waals surface area contributed by atoms with Gasteiger partial charge in [0.1, 0.15) is 5.82 Å². The van der Waals surface area contributed by atoms with Crippen LogP contribution in [0.15, 0.2) is 16.9 Å². The van der Waals surface area contributed by atoms with Crippen molar-refractivity contribution in [1.29, 1.82) is 0 Å². The largest absolute Gasteiger partial charge is 0.332 e. The van der Waals surface area contributed by atoms with Crippen LogP contribution in [0.1, 0.15) is 87.8 Å². The Kier molecular flexibility index (Phi) is 6.00. The number of likely N-dealkylation sites (tertiary alicyclic amines) is 1. The minimum Gasteiger partial charge on any atom is -0.332 e. The number of amides is 1. The fourth-order valence-electron chi connectivity index (χ4n) is 6.11. The highest BCUT2D eigenvalue weighted by molar-refractivity contribution is 5.80. The normalized spacial score (nSPS) is 31.6. The molecule has 0 spiro atoms. The molecule has 0 bridgehead atoms. The van der Waals surface area contributed by atoms with Gasteiger partial charge in [-0.25, -0.2) is 4.98 Å². The third-order valence-electron chi connectivity index (χ3n) is 8.09. The summed E-state index contributed by atoms with van der Waals surface area (Å²) in [5.74, 6) is 1.87. The molecule has 4 aliphatic rings. The summed E-state index contributed by atoms with van der Waals surface area (Å²) in [6.45, 7) is 4.83. The Hall–Kier alpha value is -1.95. The van der Waals surface area contributed by atoms with Crippen LogP contribution in [0.25, 0.3) is 0 Å². The summed E-state index contributed by atoms with van der Waals surface area (Å²) >= 11 is 0. The second-order valence-corrected chi connectivity index (χ2v) is 10.2. The van der Waals surface area contributed by atoms with Crippen molar-refractivity contribution < 1.29 is 4.79 Å². The van der Waals surface area contributed by atoms with Crippen LogP contribution in [-0.4, -0.2) is 44.8 Å². The Morgan fingerprint density at radius 2 is 1.94 bits per heavy atom. The van der Waals surface area contributed by atoms with Crippen molar-refractivity contribution >= 4 is 5.91 Å². The lowest BCUT2D eigenvalue weighted by Crippen LogP contribution is -2.44. The number of carbonyl (C=O) groups excluding carboxylic acids is 1. The molecule has 0 unspecified atom stereocenters. The number of rotatable bonds is 3. The third-order valence-corrected chi connectivity index (χ3v) is 8.09. The molecule has 1 aromatic heterocycles. The van der Waals surface area contributed by atoms with Crippen LogP contribution < -0.4 is 5.56 Å². The number of aromatic nitrogens is 2. The molecule has 1 saturated heterocycles.